The Balaban J connectivity index is 2.10. The Morgan fingerprint density at radius 3 is 2.87 bits per heavy atom. The number of halogens is 2. The summed E-state index contributed by atoms with van der Waals surface area (Å²) >= 11 is 9.51. The van der Waals surface area contributed by atoms with Gasteiger partial charge in [-0.05, 0) is 46.3 Å². The van der Waals surface area contributed by atoms with Crippen molar-refractivity contribution in [1.82, 2.24) is 14.4 Å². The molecule has 0 bridgehead atoms. The van der Waals surface area contributed by atoms with E-state index in [0.29, 0.717) is 21.7 Å². The van der Waals surface area contributed by atoms with Gasteiger partial charge in [-0.2, -0.15) is 0 Å². The highest BCUT2D eigenvalue weighted by molar-refractivity contribution is 9.10. The molecule has 5 nitrogen and oxygen atoms in total. The second-order valence-electron chi connectivity index (χ2n) is 4.86. The van der Waals surface area contributed by atoms with Gasteiger partial charge in [-0.25, -0.2) is 9.97 Å². The molecule has 0 atom stereocenters. The number of fused-ring (bicyclic) bond motifs is 1. The summed E-state index contributed by atoms with van der Waals surface area (Å²) < 4.78 is 8.03. The molecule has 114 valence electrons. The molecule has 0 spiro atoms. The molecule has 0 fully saturated rings. The summed E-state index contributed by atoms with van der Waals surface area (Å²) in [4.78, 5) is 8.89. The summed E-state index contributed by atoms with van der Waals surface area (Å²) in [6.45, 7) is 0. The predicted octanol–water partition coefficient (Wildman–Crippen LogP) is 4.78. The first-order valence-corrected chi connectivity index (χ1v) is 7.87. The van der Waals surface area contributed by atoms with Crippen molar-refractivity contribution in [2.45, 2.75) is 0 Å². The molecule has 7 heteroatoms. The van der Waals surface area contributed by atoms with E-state index in [2.05, 4.69) is 25.9 Å². The van der Waals surface area contributed by atoms with Crippen LogP contribution in [0.5, 0.6) is 5.75 Å². The van der Waals surface area contributed by atoms with E-state index in [0.717, 1.165) is 11.3 Å². The summed E-state index contributed by atoms with van der Waals surface area (Å²) in [5, 5.41) is 9.94. The Labute approximate surface area is 144 Å². The summed E-state index contributed by atoms with van der Waals surface area (Å²) in [5.41, 5.74) is 2.90. The minimum Gasteiger partial charge on any atom is -0.506 e. The molecule has 23 heavy (non-hydrogen) atoms. The van der Waals surface area contributed by atoms with Gasteiger partial charge < -0.3 is 9.52 Å². The first-order chi connectivity index (χ1) is 11.1. The van der Waals surface area contributed by atoms with E-state index in [1.54, 1.807) is 36.7 Å². The SMILES string of the molecule is Oc1ccc(-c2c(-c3ccco3)nc(Br)c3nccn23)cc1Cl. The van der Waals surface area contributed by atoms with Crippen LogP contribution in [-0.4, -0.2) is 19.5 Å². The first kappa shape index (κ1) is 14.3. The third-order valence-corrected chi connectivity index (χ3v) is 4.31. The van der Waals surface area contributed by atoms with Crippen LogP contribution in [0.3, 0.4) is 0 Å². The van der Waals surface area contributed by atoms with Gasteiger partial charge in [0.05, 0.1) is 17.0 Å². The molecule has 1 aromatic carbocycles. The van der Waals surface area contributed by atoms with Gasteiger partial charge in [0.25, 0.3) is 0 Å². The summed E-state index contributed by atoms with van der Waals surface area (Å²) in [5.74, 6) is 0.655. The highest BCUT2D eigenvalue weighted by atomic mass is 79.9. The fourth-order valence-electron chi connectivity index (χ4n) is 2.47. The van der Waals surface area contributed by atoms with Crippen molar-refractivity contribution < 1.29 is 9.52 Å². The van der Waals surface area contributed by atoms with E-state index in [4.69, 9.17) is 16.0 Å². The Hall–Kier alpha value is -2.31. The van der Waals surface area contributed by atoms with Crippen LogP contribution >= 0.6 is 27.5 Å². The summed E-state index contributed by atoms with van der Waals surface area (Å²) in [6, 6.07) is 8.65. The quantitative estimate of drug-likeness (QED) is 0.535. The van der Waals surface area contributed by atoms with Gasteiger partial charge >= 0.3 is 0 Å². The molecule has 0 aliphatic carbocycles. The molecule has 4 rings (SSSR count). The zero-order valence-electron chi connectivity index (χ0n) is 11.6. The number of benzene rings is 1. The van der Waals surface area contributed by atoms with Crippen LogP contribution < -0.4 is 0 Å². The normalized spacial score (nSPS) is 11.2. The number of furan rings is 1. The van der Waals surface area contributed by atoms with E-state index >= 15 is 0 Å². The van der Waals surface area contributed by atoms with Gasteiger partial charge in [-0.1, -0.05) is 11.6 Å². The molecule has 0 radical (unpaired) electrons. The van der Waals surface area contributed by atoms with Crippen LogP contribution in [0.2, 0.25) is 5.02 Å². The van der Waals surface area contributed by atoms with E-state index in [-0.39, 0.29) is 10.8 Å². The fourth-order valence-corrected chi connectivity index (χ4v) is 3.12. The van der Waals surface area contributed by atoms with Crippen molar-refractivity contribution in [3.05, 3.63) is 58.6 Å². The maximum Gasteiger partial charge on any atom is 0.170 e. The van der Waals surface area contributed by atoms with E-state index in [1.807, 2.05) is 16.7 Å². The number of hydrogen-bond acceptors (Lipinski definition) is 4. The monoisotopic (exact) mass is 389 g/mol. The van der Waals surface area contributed by atoms with Crippen LogP contribution in [-0.2, 0) is 0 Å². The molecule has 0 aliphatic rings. The lowest BCUT2D eigenvalue weighted by atomic mass is 10.1. The molecule has 0 saturated heterocycles. The van der Waals surface area contributed by atoms with Gasteiger partial charge in [0.2, 0.25) is 0 Å². The largest absolute Gasteiger partial charge is 0.506 e. The lowest BCUT2D eigenvalue weighted by molar-refractivity contribution is 0.475. The number of nitrogens with zero attached hydrogens (tertiary/aromatic N) is 3. The van der Waals surface area contributed by atoms with Gasteiger partial charge in [-0.15, -0.1) is 0 Å². The van der Waals surface area contributed by atoms with Crippen LogP contribution in [0.25, 0.3) is 28.4 Å². The highest BCUT2D eigenvalue weighted by Gasteiger charge is 2.19. The molecule has 0 aliphatic heterocycles. The Morgan fingerprint density at radius 2 is 2.13 bits per heavy atom. The first-order valence-electron chi connectivity index (χ1n) is 6.70. The van der Waals surface area contributed by atoms with Gasteiger partial charge in [0.15, 0.2) is 11.4 Å². The molecule has 0 unspecified atom stereocenters. The van der Waals surface area contributed by atoms with Crippen molar-refractivity contribution in [3.63, 3.8) is 0 Å². The average molecular weight is 391 g/mol. The number of phenolic OH excluding ortho intramolecular Hbond substituents is 1. The Morgan fingerprint density at radius 1 is 1.26 bits per heavy atom. The molecule has 3 heterocycles. The molecule has 0 saturated carbocycles. The maximum atomic E-state index is 9.67. The highest BCUT2D eigenvalue weighted by Crippen LogP contribution is 2.36. The van der Waals surface area contributed by atoms with Crippen molar-refractivity contribution in [2.75, 3.05) is 0 Å². The van der Waals surface area contributed by atoms with Crippen molar-refractivity contribution in [3.8, 4) is 28.5 Å². The van der Waals surface area contributed by atoms with Crippen molar-refractivity contribution in [1.29, 1.82) is 0 Å². The number of imidazole rings is 1. The number of aromatic nitrogens is 3. The molecular weight excluding hydrogens is 382 g/mol. The summed E-state index contributed by atoms with van der Waals surface area (Å²) in [6.07, 6.45) is 5.13. The topological polar surface area (TPSA) is 63.6 Å². The standard InChI is InChI=1S/C16H9BrClN3O2/c17-15-16-19-5-6-21(16)14(9-3-4-11(22)10(18)8-9)13(20-15)12-2-1-7-23-12/h1-8,22H. The third-order valence-electron chi connectivity index (χ3n) is 3.48. The van der Waals surface area contributed by atoms with E-state index < -0.39 is 0 Å². The minimum atomic E-state index is 0.0295. The van der Waals surface area contributed by atoms with Crippen LogP contribution in [0.15, 0.2) is 58.0 Å². The fraction of sp³-hybridized carbons (Fsp3) is 0. The van der Waals surface area contributed by atoms with Gasteiger partial charge in [0, 0.05) is 18.0 Å². The number of hydrogen-bond donors (Lipinski definition) is 1. The second kappa shape index (κ2) is 5.40. The lowest BCUT2D eigenvalue weighted by Crippen LogP contribution is -1.99. The van der Waals surface area contributed by atoms with Gasteiger partial charge in [-0.3, -0.25) is 4.40 Å². The third kappa shape index (κ3) is 2.31. The van der Waals surface area contributed by atoms with Crippen LogP contribution in [0, 0.1) is 0 Å². The molecular formula is C16H9BrClN3O2. The lowest BCUT2D eigenvalue weighted by Gasteiger charge is -2.12. The van der Waals surface area contributed by atoms with Crippen LogP contribution in [0.1, 0.15) is 0 Å². The summed E-state index contributed by atoms with van der Waals surface area (Å²) in [7, 11) is 0. The molecule has 0 amide bonds. The number of rotatable bonds is 2. The van der Waals surface area contributed by atoms with E-state index in [9.17, 15) is 5.11 Å². The zero-order valence-corrected chi connectivity index (χ0v) is 13.9. The molecule has 1 N–H and O–H groups in total. The van der Waals surface area contributed by atoms with Crippen molar-refractivity contribution >= 4 is 33.2 Å². The van der Waals surface area contributed by atoms with E-state index in [1.165, 1.54) is 0 Å². The molecule has 4 aromatic rings. The predicted molar refractivity (Wildman–Crippen MR) is 90.5 cm³/mol. The van der Waals surface area contributed by atoms with Crippen LogP contribution in [0.4, 0.5) is 0 Å². The van der Waals surface area contributed by atoms with Crippen molar-refractivity contribution in [2.24, 2.45) is 0 Å². The maximum absolute atomic E-state index is 9.67. The number of aromatic hydroxyl groups is 1. The Kier molecular flexibility index (Phi) is 3.36. The second-order valence-corrected chi connectivity index (χ2v) is 6.02. The smallest absolute Gasteiger partial charge is 0.170 e. The molecule has 3 aromatic heterocycles. The average Bonchev–Trinajstić information content (AvgIpc) is 3.21. The number of phenols is 1. The van der Waals surface area contributed by atoms with Gasteiger partial charge in [0.1, 0.15) is 16.0 Å². The Bertz CT molecular complexity index is 1010. The zero-order chi connectivity index (χ0) is 16.0. The minimum absolute atomic E-state index is 0.0295.